The van der Waals surface area contributed by atoms with Gasteiger partial charge in [0.1, 0.15) is 23.2 Å². The summed E-state index contributed by atoms with van der Waals surface area (Å²) in [6, 6.07) is 11.9. The molecule has 0 spiro atoms. The van der Waals surface area contributed by atoms with E-state index in [2.05, 4.69) is 15.4 Å². The Labute approximate surface area is 157 Å². The number of aryl methyl sites for hydroxylation is 1. The van der Waals surface area contributed by atoms with Crippen LogP contribution >= 0.6 is 0 Å². The SMILES string of the molecule is Cn1nc(C2CC2)cc1NC(=O)C1CC(Oc2cccc3cccnc23)C1. The Hall–Kier alpha value is -2.89. The van der Waals surface area contributed by atoms with Gasteiger partial charge in [-0.3, -0.25) is 14.5 Å². The quantitative estimate of drug-likeness (QED) is 0.752. The number of pyridine rings is 1. The summed E-state index contributed by atoms with van der Waals surface area (Å²) >= 11 is 0. The lowest BCUT2D eigenvalue weighted by Gasteiger charge is -2.34. The van der Waals surface area contributed by atoms with Crippen molar-refractivity contribution in [3.63, 3.8) is 0 Å². The summed E-state index contributed by atoms with van der Waals surface area (Å²) in [5.41, 5.74) is 1.96. The van der Waals surface area contributed by atoms with Crippen molar-refractivity contribution < 1.29 is 9.53 Å². The van der Waals surface area contributed by atoms with Gasteiger partial charge < -0.3 is 10.1 Å². The molecule has 0 aliphatic heterocycles. The zero-order chi connectivity index (χ0) is 18.4. The van der Waals surface area contributed by atoms with Crippen molar-refractivity contribution in [2.24, 2.45) is 13.0 Å². The van der Waals surface area contributed by atoms with E-state index in [9.17, 15) is 4.79 Å². The lowest BCUT2D eigenvalue weighted by molar-refractivity contribution is -0.125. The van der Waals surface area contributed by atoms with E-state index in [4.69, 9.17) is 4.74 Å². The van der Waals surface area contributed by atoms with Gasteiger partial charge in [0.05, 0.1) is 5.69 Å². The van der Waals surface area contributed by atoms with Crippen molar-refractivity contribution >= 4 is 22.6 Å². The molecule has 3 aromatic rings. The van der Waals surface area contributed by atoms with E-state index in [1.165, 1.54) is 12.8 Å². The van der Waals surface area contributed by atoms with E-state index in [0.29, 0.717) is 5.92 Å². The number of benzene rings is 1. The Morgan fingerprint density at radius 3 is 2.85 bits per heavy atom. The maximum Gasteiger partial charge on any atom is 0.228 e. The van der Waals surface area contributed by atoms with Crippen molar-refractivity contribution in [1.82, 2.24) is 14.8 Å². The number of anilines is 1. The predicted octanol–water partition coefficient (Wildman–Crippen LogP) is 3.64. The zero-order valence-corrected chi connectivity index (χ0v) is 15.3. The highest BCUT2D eigenvalue weighted by Gasteiger charge is 2.37. The first-order valence-corrected chi connectivity index (χ1v) is 9.52. The van der Waals surface area contributed by atoms with Crippen LogP contribution in [0.5, 0.6) is 5.75 Å². The molecule has 6 nitrogen and oxygen atoms in total. The number of ether oxygens (including phenoxy) is 1. The minimum absolute atomic E-state index is 0.0165. The highest BCUT2D eigenvalue weighted by atomic mass is 16.5. The first-order valence-electron chi connectivity index (χ1n) is 9.52. The molecule has 2 aromatic heterocycles. The largest absolute Gasteiger partial charge is 0.488 e. The van der Waals surface area contributed by atoms with Gasteiger partial charge in [-0.05, 0) is 37.8 Å². The number of nitrogens with one attached hydrogen (secondary N) is 1. The number of hydrogen-bond acceptors (Lipinski definition) is 4. The summed E-state index contributed by atoms with van der Waals surface area (Å²) in [5.74, 6) is 2.19. The molecule has 2 heterocycles. The Balaban J connectivity index is 1.20. The average Bonchev–Trinajstić information content (AvgIpc) is 3.42. The molecule has 1 amide bonds. The molecule has 2 aliphatic carbocycles. The molecule has 1 aromatic carbocycles. The van der Waals surface area contributed by atoms with Gasteiger partial charge in [-0.2, -0.15) is 5.10 Å². The van der Waals surface area contributed by atoms with Gasteiger partial charge in [-0.1, -0.05) is 18.2 Å². The third kappa shape index (κ3) is 3.16. The molecule has 0 bridgehead atoms. The molecule has 6 heteroatoms. The van der Waals surface area contributed by atoms with E-state index in [0.717, 1.165) is 41.0 Å². The fourth-order valence-corrected chi connectivity index (χ4v) is 3.64. The van der Waals surface area contributed by atoms with E-state index < -0.39 is 0 Å². The first kappa shape index (κ1) is 16.3. The number of aromatic nitrogens is 3. The minimum Gasteiger partial charge on any atom is -0.488 e. The third-order valence-corrected chi connectivity index (χ3v) is 5.50. The van der Waals surface area contributed by atoms with Crippen molar-refractivity contribution in [3.05, 3.63) is 48.3 Å². The predicted molar refractivity (Wildman–Crippen MR) is 103 cm³/mol. The second kappa shape index (κ2) is 6.37. The molecule has 0 atom stereocenters. The van der Waals surface area contributed by atoms with Crippen LogP contribution in [0.1, 0.15) is 37.3 Å². The molecule has 0 unspecified atom stereocenters. The molecule has 0 radical (unpaired) electrons. The maximum atomic E-state index is 12.5. The van der Waals surface area contributed by atoms with Crippen LogP contribution in [-0.2, 0) is 11.8 Å². The molecule has 2 saturated carbocycles. The molecular weight excluding hydrogens is 340 g/mol. The Kier molecular flexibility index (Phi) is 3.85. The third-order valence-electron chi connectivity index (χ3n) is 5.50. The van der Waals surface area contributed by atoms with Gasteiger partial charge in [0, 0.05) is 36.5 Å². The number of para-hydroxylation sites is 1. The van der Waals surface area contributed by atoms with Crippen LogP contribution in [0, 0.1) is 5.92 Å². The summed E-state index contributed by atoms with van der Waals surface area (Å²) in [7, 11) is 1.88. The van der Waals surface area contributed by atoms with Crippen LogP contribution in [0.4, 0.5) is 5.82 Å². The number of fused-ring (bicyclic) bond motifs is 1. The van der Waals surface area contributed by atoms with Gasteiger partial charge in [0.25, 0.3) is 0 Å². The van der Waals surface area contributed by atoms with Gasteiger partial charge in [-0.15, -0.1) is 0 Å². The molecule has 1 N–H and O–H groups in total. The van der Waals surface area contributed by atoms with E-state index in [1.54, 1.807) is 10.9 Å². The minimum atomic E-state index is -0.0165. The second-order valence-corrected chi connectivity index (χ2v) is 7.58. The number of carbonyl (C=O) groups excluding carboxylic acids is 1. The lowest BCUT2D eigenvalue weighted by atomic mass is 9.81. The number of hydrogen-bond donors (Lipinski definition) is 1. The van der Waals surface area contributed by atoms with Crippen molar-refractivity contribution in [1.29, 1.82) is 0 Å². The normalized spacial score (nSPS) is 21.7. The second-order valence-electron chi connectivity index (χ2n) is 7.58. The number of amides is 1. The molecule has 2 fully saturated rings. The molecule has 138 valence electrons. The number of nitrogens with zero attached hydrogens (tertiary/aromatic N) is 3. The van der Waals surface area contributed by atoms with Gasteiger partial charge in [0.15, 0.2) is 0 Å². The van der Waals surface area contributed by atoms with Gasteiger partial charge >= 0.3 is 0 Å². The van der Waals surface area contributed by atoms with Crippen LogP contribution in [0.2, 0.25) is 0 Å². The average molecular weight is 362 g/mol. The van der Waals surface area contributed by atoms with E-state index >= 15 is 0 Å². The number of carbonyl (C=O) groups is 1. The Morgan fingerprint density at radius 1 is 1.22 bits per heavy atom. The molecule has 27 heavy (non-hydrogen) atoms. The highest BCUT2D eigenvalue weighted by molar-refractivity contribution is 5.92. The summed E-state index contributed by atoms with van der Waals surface area (Å²) in [6.07, 6.45) is 5.69. The van der Waals surface area contributed by atoms with Gasteiger partial charge in [0.2, 0.25) is 5.91 Å². The van der Waals surface area contributed by atoms with Crippen LogP contribution in [-0.4, -0.2) is 26.8 Å². The van der Waals surface area contributed by atoms with Crippen LogP contribution in [0.15, 0.2) is 42.6 Å². The van der Waals surface area contributed by atoms with Crippen LogP contribution in [0.25, 0.3) is 10.9 Å². The number of rotatable bonds is 5. The monoisotopic (exact) mass is 362 g/mol. The topological polar surface area (TPSA) is 69.0 Å². The standard InChI is InChI=1S/C21H22N4O2/c1-25-19(12-17(24-25)13-7-8-13)23-21(26)15-10-16(11-15)27-18-6-2-4-14-5-3-9-22-20(14)18/h2-6,9,12-13,15-16H,7-8,10-11H2,1H3,(H,23,26). The molecule has 5 rings (SSSR count). The molecule has 0 saturated heterocycles. The first-order chi connectivity index (χ1) is 13.2. The smallest absolute Gasteiger partial charge is 0.228 e. The Bertz CT molecular complexity index is 997. The van der Waals surface area contributed by atoms with E-state index in [1.807, 2.05) is 43.4 Å². The van der Waals surface area contributed by atoms with Crippen molar-refractivity contribution in [2.45, 2.75) is 37.7 Å². The van der Waals surface area contributed by atoms with Crippen molar-refractivity contribution in [3.8, 4) is 5.75 Å². The molecule has 2 aliphatic rings. The molecular formula is C21H22N4O2. The Morgan fingerprint density at radius 2 is 2.04 bits per heavy atom. The zero-order valence-electron chi connectivity index (χ0n) is 15.3. The van der Waals surface area contributed by atoms with Crippen LogP contribution < -0.4 is 10.1 Å². The lowest BCUT2D eigenvalue weighted by Crippen LogP contribution is -2.41. The summed E-state index contributed by atoms with van der Waals surface area (Å²) in [5, 5.41) is 8.58. The summed E-state index contributed by atoms with van der Waals surface area (Å²) < 4.78 is 7.87. The van der Waals surface area contributed by atoms with Gasteiger partial charge in [-0.25, -0.2) is 0 Å². The van der Waals surface area contributed by atoms with Crippen LogP contribution in [0.3, 0.4) is 0 Å². The summed E-state index contributed by atoms with van der Waals surface area (Å²) in [6.45, 7) is 0. The van der Waals surface area contributed by atoms with E-state index in [-0.39, 0.29) is 17.9 Å². The highest BCUT2D eigenvalue weighted by Crippen LogP contribution is 2.40. The fourth-order valence-electron chi connectivity index (χ4n) is 3.64. The van der Waals surface area contributed by atoms with Crippen molar-refractivity contribution in [2.75, 3.05) is 5.32 Å². The summed E-state index contributed by atoms with van der Waals surface area (Å²) in [4.78, 5) is 17.0. The maximum absolute atomic E-state index is 12.5. The fraction of sp³-hybridized carbons (Fsp3) is 0.381.